The van der Waals surface area contributed by atoms with Gasteiger partial charge >= 0.3 is 0 Å². The zero-order valence-corrected chi connectivity index (χ0v) is 13.6. The summed E-state index contributed by atoms with van der Waals surface area (Å²) < 4.78 is 5.56. The van der Waals surface area contributed by atoms with Crippen molar-refractivity contribution in [1.82, 2.24) is 10.1 Å². The van der Waals surface area contributed by atoms with Gasteiger partial charge in [0, 0.05) is 28.7 Å². The molecule has 1 aromatic rings. The Hall–Kier alpha value is -0.200. The van der Waals surface area contributed by atoms with Gasteiger partial charge in [0.2, 0.25) is 5.89 Å². The van der Waals surface area contributed by atoms with Crippen molar-refractivity contribution in [2.24, 2.45) is 5.73 Å². The minimum atomic E-state index is 0.298. The molecule has 4 unspecified atom stereocenters. The smallest absolute Gasteiger partial charge is 0.229 e. The van der Waals surface area contributed by atoms with Gasteiger partial charge in [0.15, 0.2) is 5.82 Å². The topological polar surface area (TPSA) is 64.9 Å². The van der Waals surface area contributed by atoms with Crippen molar-refractivity contribution >= 4 is 23.5 Å². The molecule has 0 radical (unpaired) electrons. The van der Waals surface area contributed by atoms with E-state index in [2.05, 4.69) is 12.1 Å². The first-order valence-corrected chi connectivity index (χ1v) is 9.70. The van der Waals surface area contributed by atoms with Crippen molar-refractivity contribution < 1.29 is 4.52 Å². The van der Waals surface area contributed by atoms with E-state index in [1.807, 2.05) is 23.5 Å². The van der Waals surface area contributed by atoms with Crippen LogP contribution in [0.5, 0.6) is 0 Å². The molecule has 4 atom stereocenters. The third-order valence-electron chi connectivity index (χ3n) is 4.23. The Kier molecular flexibility index (Phi) is 4.94. The molecule has 20 heavy (non-hydrogen) atoms. The Balaban J connectivity index is 1.72. The Morgan fingerprint density at radius 2 is 2.15 bits per heavy atom. The standard InChI is InChI=1S/C14H23N3OS2/c1-2-11-12(20-7-6-19-11)13-16-14(18-17-13)9-4-3-5-10(15)8-9/h9-12H,2-8,15H2,1H3. The second-order valence-electron chi connectivity index (χ2n) is 5.72. The van der Waals surface area contributed by atoms with Gasteiger partial charge in [-0.1, -0.05) is 18.5 Å². The molecule has 1 aliphatic heterocycles. The monoisotopic (exact) mass is 313 g/mol. The van der Waals surface area contributed by atoms with Crippen molar-refractivity contribution in [2.45, 2.75) is 61.5 Å². The molecule has 2 N–H and O–H groups in total. The van der Waals surface area contributed by atoms with Gasteiger partial charge in [-0.2, -0.15) is 16.7 Å². The number of rotatable bonds is 3. The lowest BCUT2D eigenvalue weighted by Gasteiger charge is -2.27. The van der Waals surface area contributed by atoms with Crippen molar-refractivity contribution in [3.8, 4) is 0 Å². The van der Waals surface area contributed by atoms with E-state index >= 15 is 0 Å². The largest absolute Gasteiger partial charge is 0.339 e. The highest BCUT2D eigenvalue weighted by Gasteiger charge is 2.32. The second-order valence-corrected chi connectivity index (χ2v) is 8.32. The molecule has 112 valence electrons. The molecular weight excluding hydrogens is 290 g/mol. The quantitative estimate of drug-likeness (QED) is 0.923. The molecule has 1 saturated carbocycles. The summed E-state index contributed by atoms with van der Waals surface area (Å²) in [6.07, 6.45) is 5.60. The number of nitrogens with zero attached hydrogens (tertiary/aromatic N) is 2. The van der Waals surface area contributed by atoms with Crippen LogP contribution in [0.3, 0.4) is 0 Å². The molecule has 0 bridgehead atoms. The van der Waals surface area contributed by atoms with Gasteiger partial charge in [-0.3, -0.25) is 0 Å². The summed E-state index contributed by atoms with van der Waals surface area (Å²) in [4.78, 5) is 4.72. The molecule has 0 amide bonds. The van der Waals surface area contributed by atoms with Crippen LogP contribution in [-0.2, 0) is 0 Å². The second kappa shape index (κ2) is 6.71. The summed E-state index contributed by atoms with van der Waals surface area (Å²) in [6, 6.07) is 0.298. The number of nitrogens with two attached hydrogens (primary N) is 1. The Morgan fingerprint density at radius 3 is 2.95 bits per heavy atom. The van der Waals surface area contributed by atoms with Gasteiger partial charge in [-0.15, -0.1) is 11.8 Å². The fourth-order valence-electron chi connectivity index (χ4n) is 3.12. The summed E-state index contributed by atoms with van der Waals surface area (Å²) in [5.41, 5.74) is 6.06. The van der Waals surface area contributed by atoms with Crippen LogP contribution in [0.4, 0.5) is 0 Å². The van der Waals surface area contributed by atoms with Crippen LogP contribution in [-0.4, -0.2) is 32.9 Å². The summed E-state index contributed by atoms with van der Waals surface area (Å²) in [6.45, 7) is 2.25. The molecule has 1 aromatic heterocycles. The van der Waals surface area contributed by atoms with E-state index in [0.717, 1.165) is 31.0 Å². The van der Waals surface area contributed by atoms with Crippen molar-refractivity contribution in [3.63, 3.8) is 0 Å². The average molecular weight is 313 g/mol. The van der Waals surface area contributed by atoms with Crippen LogP contribution in [0, 0.1) is 0 Å². The van der Waals surface area contributed by atoms with E-state index in [4.69, 9.17) is 15.2 Å². The lowest BCUT2D eigenvalue weighted by atomic mass is 9.86. The number of hydrogen-bond acceptors (Lipinski definition) is 6. The van der Waals surface area contributed by atoms with Crippen LogP contribution in [0.2, 0.25) is 0 Å². The van der Waals surface area contributed by atoms with E-state index < -0.39 is 0 Å². The molecule has 0 aromatic carbocycles. The molecule has 2 fully saturated rings. The van der Waals surface area contributed by atoms with Gasteiger partial charge in [0.25, 0.3) is 0 Å². The van der Waals surface area contributed by atoms with Crippen molar-refractivity contribution in [2.75, 3.05) is 11.5 Å². The van der Waals surface area contributed by atoms with Crippen LogP contribution >= 0.6 is 23.5 Å². The number of hydrogen-bond donors (Lipinski definition) is 1. The van der Waals surface area contributed by atoms with Crippen LogP contribution in [0.25, 0.3) is 0 Å². The van der Waals surface area contributed by atoms with E-state index in [1.165, 1.54) is 24.3 Å². The zero-order valence-electron chi connectivity index (χ0n) is 12.0. The number of thioether (sulfide) groups is 2. The van der Waals surface area contributed by atoms with Gasteiger partial charge in [-0.05, 0) is 25.7 Å². The van der Waals surface area contributed by atoms with Gasteiger partial charge in [0.1, 0.15) is 0 Å². The maximum absolute atomic E-state index is 6.06. The third kappa shape index (κ3) is 3.17. The molecule has 1 saturated heterocycles. The predicted octanol–water partition coefficient (Wildman–Crippen LogP) is 3.35. The summed E-state index contributed by atoms with van der Waals surface area (Å²) in [5, 5.41) is 5.29. The van der Waals surface area contributed by atoms with E-state index in [0.29, 0.717) is 22.5 Å². The summed E-state index contributed by atoms with van der Waals surface area (Å²) in [5.74, 6) is 4.52. The van der Waals surface area contributed by atoms with Crippen LogP contribution < -0.4 is 5.73 Å². The SMILES string of the molecule is CCC1SCCSC1c1noc(C2CCCC(N)C2)n1. The van der Waals surface area contributed by atoms with Crippen molar-refractivity contribution in [3.05, 3.63) is 11.7 Å². The van der Waals surface area contributed by atoms with Crippen LogP contribution in [0.1, 0.15) is 61.9 Å². The molecule has 2 heterocycles. The Labute approximate surface area is 129 Å². The van der Waals surface area contributed by atoms with Crippen molar-refractivity contribution in [1.29, 1.82) is 0 Å². The molecule has 6 heteroatoms. The Morgan fingerprint density at radius 1 is 1.30 bits per heavy atom. The molecule has 3 rings (SSSR count). The first-order valence-electron chi connectivity index (χ1n) is 7.60. The molecular formula is C14H23N3OS2. The predicted molar refractivity (Wildman–Crippen MR) is 85.2 cm³/mol. The van der Waals surface area contributed by atoms with Gasteiger partial charge in [0.05, 0.1) is 5.25 Å². The first kappa shape index (κ1) is 14.7. The van der Waals surface area contributed by atoms with Gasteiger partial charge in [-0.25, -0.2) is 0 Å². The molecule has 4 nitrogen and oxygen atoms in total. The van der Waals surface area contributed by atoms with E-state index in [9.17, 15) is 0 Å². The third-order valence-corrected chi connectivity index (χ3v) is 7.47. The average Bonchev–Trinajstić information content (AvgIpc) is 2.97. The normalized spacial score (nSPS) is 35.1. The first-order chi connectivity index (χ1) is 9.78. The molecule has 2 aliphatic rings. The van der Waals surface area contributed by atoms with E-state index in [1.54, 1.807) is 0 Å². The van der Waals surface area contributed by atoms with E-state index in [-0.39, 0.29) is 0 Å². The highest BCUT2D eigenvalue weighted by atomic mass is 32.2. The lowest BCUT2D eigenvalue weighted by molar-refractivity contribution is 0.297. The summed E-state index contributed by atoms with van der Waals surface area (Å²) >= 11 is 4.03. The fraction of sp³-hybridized carbons (Fsp3) is 0.857. The highest BCUT2D eigenvalue weighted by molar-refractivity contribution is 8.06. The minimum absolute atomic E-state index is 0.298. The number of aromatic nitrogens is 2. The van der Waals surface area contributed by atoms with Crippen LogP contribution in [0.15, 0.2) is 4.52 Å². The minimum Gasteiger partial charge on any atom is -0.339 e. The fourth-order valence-corrected chi connectivity index (χ4v) is 6.10. The highest BCUT2D eigenvalue weighted by Crippen LogP contribution is 2.43. The Bertz CT molecular complexity index is 440. The maximum atomic E-state index is 6.06. The zero-order chi connectivity index (χ0) is 13.9. The lowest BCUT2D eigenvalue weighted by Crippen LogP contribution is -2.27. The van der Waals surface area contributed by atoms with Gasteiger partial charge < -0.3 is 10.3 Å². The maximum Gasteiger partial charge on any atom is 0.229 e. The molecule has 1 aliphatic carbocycles. The summed E-state index contributed by atoms with van der Waals surface area (Å²) in [7, 11) is 0. The molecule has 0 spiro atoms.